The second-order valence-electron chi connectivity index (χ2n) is 4.22. The van der Waals surface area contributed by atoms with Crippen LogP contribution >= 0.6 is 0 Å². The van der Waals surface area contributed by atoms with Gasteiger partial charge >= 0.3 is 0 Å². The van der Waals surface area contributed by atoms with E-state index in [1.165, 1.54) is 18.3 Å². The molecule has 0 amide bonds. The lowest BCUT2D eigenvalue weighted by molar-refractivity contribution is 0.600. The minimum absolute atomic E-state index is 0.0589. The van der Waals surface area contributed by atoms with E-state index in [0.717, 1.165) is 5.69 Å². The van der Waals surface area contributed by atoms with Crippen LogP contribution in [-0.2, 0) is 23.6 Å². The van der Waals surface area contributed by atoms with E-state index in [4.69, 9.17) is 0 Å². The van der Waals surface area contributed by atoms with Crippen molar-refractivity contribution in [2.45, 2.75) is 11.4 Å². The monoisotopic (exact) mass is 297 g/mol. The molecule has 0 aromatic carbocycles. The van der Waals surface area contributed by atoms with Crippen molar-refractivity contribution < 1.29 is 8.42 Å². The maximum absolute atomic E-state index is 12.2. The highest BCUT2D eigenvalue weighted by atomic mass is 32.2. The third-order valence-electron chi connectivity index (χ3n) is 2.67. The molecule has 2 aromatic heterocycles. The number of aromatic nitrogens is 3. The molecule has 0 saturated heterocycles. The van der Waals surface area contributed by atoms with Crippen LogP contribution in [-0.4, -0.2) is 30.2 Å². The predicted molar refractivity (Wildman–Crippen MR) is 73.8 cm³/mol. The van der Waals surface area contributed by atoms with E-state index >= 15 is 0 Å². The molecule has 3 N–H and O–H groups in total. The minimum atomic E-state index is -3.73. The van der Waals surface area contributed by atoms with Gasteiger partial charge in [-0.15, -0.1) is 0 Å². The van der Waals surface area contributed by atoms with Crippen molar-refractivity contribution in [3.8, 4) is 0 Å². The minimum Gasteiger partial charge on any atom is -0.352 e. The molecule has 0 radical (unpaired) electrons. The highest BCUT2D eigenvalue weighted by Gasteiger charge is 2.18. The summed E-state index contributed by atoms with van der Waals surface area (Å²) in [5.41, 5.74) is 0.436. The van der Waals surface area contributed by atoms with E-state index in [0.29, 0.717) is 6.54 Å². The summed E-state index contributed by atoms with van der Waals surface area (Å²) in [5.74, 6) is 0.0589. The van der Waals surface area contributed by atoms with Gasteiger partial charge in [-0.2, -0.15) is 5.10 Å². The van der Waals surface area contributed by atoms with E-state index in [1.54, 1.807) is 24.7 Å². The number of hydrogen-bond acceptors (Lipinski definition) is 5. The number of nitrogens with one attached hydrogen (secondary N) is 3. The largest absolute Gasteiger partial charge is 0.352 e. The Hall–Kier alpha value is -2.13. The van der Waals surface area contributed by atoms with Crippen molar-refractivity contribution in [2.24, 2.45) is 7.05 Å². The smallest absolute Gasteiger partial charge is 0.264 e. The number of aryl methyl sites for hydroxylation is 1. The van der Waals surface area contributed by atoms with Gasteiger partial charge in [-0.25, -0.2) is 13.5 Å². The van der Waals surface area contributed by atoms with Gasteiger partial charge in [0.2, 0.25) is 0 Å². The Morgan fingerprint density at radius 2 is 2.15 bits per heavy atom. The van der Waals surface area contributed by atoms with Crippen molar-refractivity contribution in [1.29, 1.82) is 0 Å². The first-order chi connectivity index (χ1) is 9.42. The fourth-order valence-corrected chi connectivity index (χ4v) is 2.77. The molecule has 2 rings (SSSR count). The molecule has 0 atom stereocenters. The van der Waals surface area contributed by atoms with Crippen molar-refractivity contribution in [1.82, 2.24) is 20.1 Å². The lowest BCUT2D eigenvalue weighted by Crippen LogP contribution is -2.16. The molecule has 9 heteroatoms. The van der Waals surface area contributed by atoms with Crippen LogP contribution in [0.25, 0.3) is 0 Å². The molecule has 0 unspecified atom stereocenters. The van der Waals surface area contributed by atoms with Crippen molar-refractivity contribution >= 4 is 15.8 Å². The molecule has 0 aliphatic carbocycles. The van der Waals surface area contributed by atoms with Gasteiger partial charge < -0.3 is 9.88 Å². The number of rotatable bonds is 5. The number of aromatic amines is 1. The summed E-state index contributed by atoms with van der Waals surface area (Å²) in [5, 5.41) is 8.73. The average Bonchev–Trinajstić information content (AvgIpc) is 2.75. The van der Waals surface area contributed by atoms with Gasteiger partial charge in [-0.3, -0.25) is 9.52 Å². The van der Waals surface area contributed by atoms with Gasteiger partial charge in [-0.1, -0.05) is 0 Å². The van der Waals surface area contributed by atoms with E-state index in [1.807, 2.05) is 0 Å². The number of H-pyrrole nitrogens is 1. The normalized spacial score (nSPS) is 11.5. The van der Waals surface area contributed by atoms with Crippen LogP contribution in [0, 0.1) is 0 Å². The molecule has 8 nitrogen and oxygen atoms in total. The lowest BCUT2D eigenvalue weighted by atomic mass is 10.4. The summed E-state index contributed by atoms with van der Waals surface area (Å²) in [6, 6.07) is 4.07. The number of hydrogen-bond donors (Lipinski definition) is 3. The van der Waals surface area contributed by atoms with Gasteiger partial charge in [0, 0.05) is 31.5 Å². The molecular weight excluding hydrogens is 282 g/mol. The van der Waals surface area contributed by atoms with E-state index in [2.05, 4.69) is 20.2 Å². The highest BCUT2D eigenvalue weighted by molar-refractivity contribution is 7.92. The summed E-state index contributed by atoms with van der Waals surface area (Å²) in [4.78, 5) is 11.0. The zero-order valence-electron chi connectivity index (χ0n) is 11.0. The molecule has 0 aliphatic heterocycles. The van der Waals surface area contributed by atoms with Crippen LogP contribution in [0.4, 0.5) is 5.82 Å². The van der Waals surface area contributed by atoms with Gasteiger partial charge in [0.05, 0.1) is 0 Å². The van der Waals surface area contributed by atoms with Crippen LogP contribution in [0.15, 0.2) is 34.1 Å². The molecule has 2 heterocycles. The number of sulfonamides is 1. The lowest BCUT2D eigenvalue weighted by Gasteiger charge is -2.04. The van der Waals surface area contributed by atoms with Crippen LogP contribution in [0.5, 0.6) is 0 Å². The Kier molecular flexibility index (Phi) is 3.91. The topological polar surface area (TPSA) is 109 Å². The summed E-state index contributed by atoms with van der Waals surface area (Å²) in [6.07, 6.45) is 1.51. The third kappa shape index (κ3) is 3.06. The quantitative estimate of drug-likeness (QED) is 0.697. The zero-order valence-corrected chi connectivity index (χ0v) is 11.9. The second-order valence-corrected chi connectivity index (χ2v) is 5.90. The molecule has 0 bridgehead atoms. The van der Waals surface area contributed by atoms with Gasteiger partial charge in [0.15, 0.2) is 5.82 Å². The Bertz CT molecular complexity index is 742. The first kappa shape index (κ1) is 14.3. The third-order valence-corrected chi connectivity index (χ3v) is 3.99. The van der Waals surface area contributed by atoms with E-state index < -0.39 is 15.6 Å². The summed E-state index contributed by atoms with van der Waals surface area (Å²) in [7, 11) is -0.180. The van der Waals surface area contributed by atoms with Gasteiger partial charge in [-0.05, 0) is 19.2 Å². The Balaban J connectivity index is 2.28. The van der Waals surface area contributed by atoms with Crippen LogP contribution < -0.4 is 15.6 Å². The first-order valence-electron chi connectivity index (χ1n) is 5.81. The molecule has 0 spiro atoms. The highest BCUT2D eigenvalue weighted by Crippen LogP contribution is 2.16. The summed E-state index contributed by atoms with van der Waals surface area (Å²) in [6.45, 7) is 0.558. The van der Waals surface area contributed by atoms with Gasteiger partial charge in [0.1, 0.15) is 4.90 Å². The van der Waals surface area contributed by atoms with Crippen LogP contribution in [0.1, 0.15) is 5.69 Å². The van der Waals surface area contributed by atoms with Crippen molar-refractivity contribution in [3.05, 3.63) is 40.4 Å². The Labute approximate surface area is 115 Å². The maximum atomic E-state index is 12.2. The maximum Gasteiger partial charge on any atom is 0.264 e. The molecule has 20 heavy (non-hydrogen) atoms. The fraction of sp³-hybridized carbons (Fsp3) is 0.273. The van der Waals surface area contributed by atoms with E-state index in [9.17, 15) is 13.2 Å². The molecule has 2 aromatic rings. The van der Waals surface area contributed by atoms with Crippen LogP contribution in [0.2, 0.25) is 0 Å². The average molecular weight is 297 g/mol. The first-order valence-corrected chi connectivity index (χ1v) is 7.29. The predicted octanol–water partition coefficient (Wildman–Crippen LogP) is -0.371. The molecule has 0 fully saturated rings. The number of anilines is 1. The Morgan fingerprint density at radius 3 is 2.75 bits per heavy atom. The molecule has 108 valence electrons. The van der Waals surface area contributed by atoms with Crippen molar-refractivity contribution in [3.63, 3.8) is 0 Å². The van der Waals surface area contributed by atoms with Crippen LogP contribution in [0.3, 0.4) is 0 Å². The second kappa shape index (κ2) is 5.47. The summed E-state index contributed by atoms with van der Waals surface area (Å²) < 4.78 is 28.4. The van der Waals surface area contributed by atoms with E-state index in [-0.39, 0.29) is 10.7 Å². The molecular formula is C11H15N5O3S. The summed E-state index contributed by atoms with van der Waals surface area (Å²) >= 11 is 0. The number of nitrogens with zero attached hydrogens (tertiary/aromatic N) is 2. The SMILES string of the molecule is CNCc1cc(S(=O)(=O)Nc2ccc(=O)[nH]n2)cn1C. The molecule has 0 aliphatic rings. The zero-order chi connectivity index (χ0) is 14.8. The molecule has 0 saturated carbocycles. The van der Waals surface area contributed by atoms with Gasteiger partial charge in [0.25, 0.3) is 15.6 Å². The standard InChI is InChI=1S/C11H15N5O3S/c1-12-6-8-5-9(7-16(8)2)20(18,19)15-10-3-4-11(17)14-13-10/h3-5,7,12H,6H2,1-2H3,(H,13,15)(H,14,17). The van der Waals surface area contributed by atoms with Crippen molar-refractivity contribution in [2.75, 3.05) is 11.8 Å². The fourth-order valence-electron chi connectivity index (χ4n) is 1.68. The Morgan fingerprint density at radius 1 is 1.40 bits per heavy atom.